The van der Waals surface area contributed by atoms with Crippen LogP contribution in [0, 0.1) is 0 Å². The SMILES string of the molecule is NOCc1cccc(-c2ccc(CO)cc2Cl)c1. The van der Waals surface area contributed by atoms with Gasteiger partial charge in [0.05, 0.1) is 13.2 Å². The molecule has 0 unspecified atom stereocenters. The zero-order chi connectivity index (χ0) is 13.0. The molecule has 0 heterocycles. The van der Waals surface area contributed by atoms with E-state index in [-0.39, 0.29) is 6.61 Å². The van der Waals surface area contributed by atoms with Gasteiger partial charge in [-0.2, -0.15) is 0 Å². The summed E-state index contributed by atoms with van der Waals surface area (Å²) in [6.45, 7) is 0.348. The van der Waals surface area contributed by atoms with Gasteiger partial charge >= 0.3 is 0 Å². The summed E-state index contributed by atoms with van der Waals surface area (Å²) < 4.78 is 0. The molecule has 0 bridgehead atoms. The lowest BCUT2D eigenvalue weighted by molar-refractivity contribution is 0.124. The Labute approximate surface area is 111 Å². The van der Waals surface area contributed by atoms with Gasteiger partial charge in [-0.05, 0) is 28.8 Å². The molecule has 18 heavy (non-hydrogen) atoms. The average molecular weight is 264 g/mol. The molecule has 0 saturated heterocycles. The first kappa shape index (κ1) is 13.1. The third-order valence-electron chi connectivity index (χ3n) is 2.70. The van der Waals surface area contributed by atoms with Gasteiger partial charge in [0, 0.05) is 10.6 Å². The molecule has 0 aliphatic heterocycles. The largest absolute Gasteiger partial charge is 0.392 e. The minimum absolute atomic E-state index is 0.0128. The predicted molar refractivity (Wildman–Crippen MR) is 71.8 cm³/mol. The molecular formula is C14H14ClNO2. The summed E-state index contributed by atoms with van der Waals surface area (Å²) in [6.07, 6.45) is 0. The zero-order valence-electron chi connectivity index (χ0n) is 9.77. The van der Waals surface area contributed by atoms with Crippen LogP contribution in [0.15, 0.2) is 42.5 Å². The smallest absolute Gasteiger partial charge is 0.0930 e. The maximum absolute atomic E-state index is 9.05. The molecule has 2 aromatic carbocycles. The van der Waals surface area contributed by atoms with Crippen molar-refractivity contribution in [2.24, 2.45) is 5.90 Å². The number of benzene rings is 2. The van der Waals surface area contributed by atoms with Crippen LogP contribution in [0.5, 0.6) is 0 Å². The van der Waals surface area contributed by atoms with E-state index >= 15 is 0 Å². The number of rotatable bonds is 4. The summed E-state index contributed by atoms with van der Waals surface area (Å²) in [5.74, 6) is 5.06. The Bertz CT molecular complexity index is 543. The van der Waals surface area contributed by atoms with Crippen LogP contribution in [0.1, 0.15) is 11.1 Å². The highest BCUT2D eigenvalue weighted by Gasteiger charge is 2.05. The van der Waals surface area contributed by atoms with Gasteiger partial charge in [0.1, 0.15) is 0 Å². The predicted octanol–water partition coefficient (Wildman–Crippen LogP) is 2.89. The van der Waals surface area contributed by atoms with Crippen molar-refractivity contribution >= 4 is 11.6 Å². The van der Waals surface area contributed by atoms with Crippen LogP contribution < -0.4 is 5.90 Å². The Morgan fingerprint density at radius 3 is 2.61 bits per heavy atom. The van der Waals surface area contributed by atoms with Crippen LogP contribution in [-0.2, 0) is 18.1 Å². The van der Waals surface area contributed by atoms with Crippen LogP contribution in [0.2, 0.25) is 5.02 Å². The molecule has 0 aromatic heterocycles. The van der Waals surface area contributed by atoms with Gasteiger partial charge in [-0.3, -0.25) is 4.84 Å². The Hall–Kier alpha value is -1.39. The quantitative estimate of drug-likeness (QED) is 0.834. The summed E-state index contributed by atoms with van der Waals surface area (Å²) in [6, 6.07) is 13.3. The first-order valence-electron chi connectivity index (χ1n) is 5.55. The Balaban J connectivity index is 2.38. The Morgan fingerprint density at radius 1 is 1.11 bits per heavy atom. The summed E-state index contributed by atoms with van der Waals surface area (Å²) in [4.78, 5) is 4.62. The zero-order valence-corrected chi connectivity index (χ0v) is 10.5. The highest BCUT2D eigenvalue weighted by molar-refractivity contribution is 6.33. The molecule has 4 heteroatoms. The third kappa shape index (κ3) is 2.89. The number of nitrogens with two attached hydrogens (primary N) is 1. The highest BCUT2D eigenvalue weighted by Crippen LogP contribution is 2.29. The second-order valence-corrected chi connectivity index (χ2v) is 4.39. The van der Waals surface area contributed by atoms with Gasteiger partial charge in [0.15, 0.2) is 0 Å². The summed E-state index contributed by atoms with van der Waals surface area (Å²) in [7, 11) is 0. The number of hydrogen-bond acceptors (Lipinski definition) is 3. The van der Waals surface area contributed by atoms with Gasteiger partial charge in [-0.1, -0.05) is 41.9 Å². The van der Waals surface area contributed by atoms with E-state index in [1.165, 1.54) is 0 Å². The van der Waals surface area contributed by atoms with Crippen LogP contribution >= 0.6 is 11.6 Å². The van der Waals surface area contributed by atoms with Crippen molar-refractivity contribution in [1.82, 2.24) is 0 Å². The summed E-state index contributed by atoms with van der Waals surface area (Å²) >= 11 is 6.21. The maximum atomic E-state index is 9.05. The molecule has 0 fully saturated rings. The van der Waals surface area contributed by atoms with Gasteiger partial charge in [-0.15, -0.1) is 0 Å². The number of halogens is 1. The summed E-state index contributed by atoms with van der Waals surface area (Å²) in [5.41, 5.74) is 3.70. The molecule has 2 rings (SSSR count). The number of aliphatic hydroxyl groups is 1. The molecule has 2 aromatic rings. The van der Waals surface area contributed by atoms with E-state index in [9.17, 15) is 0 Å². The van der Waals surface area contributed by atoms with Crippen molar-refractivity contribution in [1.29, 1.82) is 0 Å². The normalized spacial score (nSPS) is 10.6. The fourth-order valence-corrected chi connectivity index (χ4v) is 2.13. The van der Waals surface area contributed by atoms with E-state index < -0.39 is 0 Å². The topological polar surface area (TPSA) is 55.5 Å². The lowest BCUT2D eigenvalue weighted by Gasteiger charge is -2.08. The minimum Gasteiger partial charge on any atom is -0.392 e. The van der Waals surface area contributed by atoms with Gasteiger partial charge in [0.2, 0.25) is 0 Å². The fraction of sp³-hybridized carbons (Fsp3) is 0.143. The lowest BCUT2D eigenvalue weighted by atomic mass is 10.0. The van der Waals surface area contributed by atoms with Crippen LogP contribution in [0.4, 0.5) is 0 Å². The van der Waals surface area contributed by atoms with E-state index in [1.54, 1.807) is 6.07 Å². The summed E-state index contributed by atoms with van der Waals surface area (Å²) in [5, 5.41) is 9.67. The molecule has 0 spiro atoms. The fourth-order valence-electron chi connectivity index (χ4n) is 1.82. The van der Waals surface area contributed by atoms with E-state index in [4.69, 9.17) is 22.6 Å². The third-order valence-corrected chi connectivity index (χ3v) is 3.02. The molecule has 0 aliphatic rings. The molecule has 94 valence electrons. The van der Waals surface area contributed by atoms with E-state index in [2.05, 4.69) is 4.84 Å². The van der Waals surface area contributed by atoms with Gasteiger partial charge in [0.25, 0.3) is 0 Å². The van der Waals surface area contributed by atoms with Crippen molar-refractivity contribution in [3.05, 3.63) is 58.6 Å². The minimum atomic E-state index is -0.0128. The second-order valence-electron chi connectivity index (χ2n) is 3.98. The first-order chi connectivity index (χ1) is 8.74. The number of aliphatic hydroxyl groups excluding tert-OH is 1. The molecular weight excluding hydrogens is 250 g/mol. The van der Waals surface area contributed by atoms with Crippen LogP contribution in [0.3, 0.4) is 0 Å². The molecule has 0 atom stereocenters. The van der Waals surface area contributed by atoms with Crippen LogP contribution in [-0.4, -0.2) is 5.11 Å². The van der Waals surface area contributed by atoms with E-state index in [0.717, 1.165) is 22.3 Å². The molecule has 3 N–H and O–H groups in total. The number of hydrogen-bond donors (Lipinski definition) is 2. The van der Waals surface area contributed by atoms with Crippen molar-refractivity contribution in [3.63, 3.8) is 0 Å². The van der Waals surface area contributed by atoms with Crippen molar-refractivity contribution in [3.8, 4) is 11.1 Å². The van der Waals surface area contributed by atoms with Gasteiger partial charge in [-0.25, -0.2) is 5.90 Å². The Kier molecular flexibility index (Phi) is 4.33. The standard InChI is InChI=1S/C14H14ClNO2/c15-14-7-10(8-17)4-5-13(14)12-3-1-2-11(6-12)9-18-16/h1-7,17H,8-9,16H2. The molecule has 0 radical (unpaired) electrons. The molecule has 0 saturated carbocycles. The lowest BCUT2D eigenvalue weighted by Crippen LogP contribution is -1.98. The first-order valence-corrected chi connectivity index (χ1v) is 5.92. The maximum Gasteiger partial charge on any atom is 0.0930 e. The molecule has 0 amide bonds. The van der Waals surface area contributed by atoms with Gasteiger partial charge < -0.3 is 5.11 Å². The van der Waals surface area contributed by atoms with Crippen molar-refractivity contribution in [2.45, 2.75) is 13.2 Å². The molecule has 3 nitrogen and oxygen atoms in total. The second kappa shape index (κ2) is 5.98. The average Bonchev–Trinajstić information content (AvgIpc) is 2.39. The monoisotopic (exact) mass is 263 g/mol. The van der Waals surface area contributed by atoms with Crippen LogP contribution in [0.25, 0.3) is 11.1 Å². The Morgan fingerprint density at radius 2 is 1.94 bits per heavy atom. The van der Waals surface area contributed by atoms with E-state index in [1.807, 2.05) is 36.4 Å². The highest BCUT2D eigenvalue weighted by atomic mass is 35.5. The molecule has 0 aliphatic carbocycles. The van der Waals surface area contributed by atoms with Crippen molar-refractivity contribution in [2.75, 3.05) is 0 Å². The van der Waals surface area contributed by atoms with Crippen molar-refractivity contribution < 1.29 is 9.94 Å². The van der Waals surface area contributed by atoms with E-state index in [0.29, 0.717) is 11.6 Å².